The Labute approximate surface area is 262 Å². The molecule has 0 aromatic rings. The van der Waals surface area contributed by atoms with E-state index in [0.29, 0.717) is 76.3 Å². The van der Waals surface area contributed by atoms with Gasteiger partial charge in [0.25, 0.3) is 0 Å². The van der Waals surface area contributed by atoms with E-state index in [1.165, 1.54) is 13.8 Å². The fraction of sp³-hybridized carbons (Fsp3) is 0.867. The average Bonchev–Trinajstić information content (AvgIpc) is 2.78. The minimum absolute atomic E-state index is 0.00643. The molecular weight excluding hydrogens is 576 g/mol. The number of hydrogen-bond acceptors (Lipinski definition) is 8. The summed E-state index contributed by atoms with van der Waals surface area (Å²) >= 11 is 0. The maximum Gasteiger partial charge on any atom is 0.220 e. The van der Waals surface area contributed by atoms with Crippen molar-refractivity contribution < 1.29 is 28.7 Å². The van der Waals surface area contributed by atoms with Gasteiger partial charge in [0.2, 0.25) is 23.6 Å². The van der Waals surface area contributed by atoms with E-state index in [0.717, 1.165) is 0 Å². The Balaban J connectivity index is 3.90. The summed E-state index contributed by atoms with van der Waals surface area (Å²) in [4.78, 5) is 46.9. The van der Waals surface area contributed by atoms with Crippen LogP contribution in [-0.4, -0.2) is 83.7 Å². The summed E-state index contributed by atoms with van der Waals surface area (Å²) in [7, 11) is 3.20. The first-order valence-electron chi connectivity index (χ1n) is 14.9. The van der Waals surface area contributed by atoms with Crippen LogP contribution in [0.4, 0.5) is 0 Å². The van der Waals surface area contributed by atoms with Crippen LogP contribution in [0.25, 0.3) is 0 Å². The number of amides is 4. The highest BCUT2D eigenvalue weighted by molar-refractivity contribution is 8.76. The average molecular weight is 635 g/mol. The molecule has 0 saturated carbocycles. The lowest BCUT2D eigenvalue weighted by Gasteiger charge is -2.30. The molecule has 12 heteroatoms. The standard InChI is InChI=1S/C30H58N4O6S2/c1-23(35)33-27(3,4)15-19-39-29(7,8)13-17-31-25(37)11-21-41-42-22-12-26(38)32-18-14-30(9,10)40-20-16-28(5,6)34-24(2)36/h11-22H2,1-10H3,(H,31,37)(H,32,38)(H,33,35)(H,34,36). The molecule has 4 N–H and O–H groups in total. The quantitative estimate of drug-likeness (QED) is 0.0962. The van der Waals surface area contributed by atoms with Crippen LogP contribution in [0.3, 0.4) is 0 Å². The van der Waals surface area contributed by atoms with Gasteiger partial charge in [0.15, 0.2) is 0 Å². The minimum Gasteiger partial charge on any atom is -0.375 e. The Morgan fingerprint density at radius 2 is 0.905 bits per heavy atom. The number of carbonyl (C=O) groups is 4. The maximum absolute atomic E-state index is 12.2. The summed E-state index contributed by atoms with van der Waals surface area (Å²) in [5.74, 6) is 1.26. The van der Waals surface area contributed by atoms with E-state index in [9.17, 15) is 19.2 Å². The van der Waals surface area contributed by atoms with Crippen LogP contribution in [0.1, 0.15) is 108 Å². The van der Waals surface area contributed by atoms with Crippen LogP contribution in [0.5, 0.6) is 0 Å². The van der Waals surface area contributed by atoms with Gasteiger partial charge in [-0.25, -0.2) is 0 Å². The molecule has 0 fully saturated rings. The Morgan fingerprint density at radius 3 is 1.21 bits per heavy atom. The molecule has 0 bridgehead atoms. The van der Waals surface area contributed by atoms with Gasteiger partial charge in [-0.3, -0.25) is 19.2 Å². The van der Waals surface area contributed by atoms with Gasteiger partial charge in [-0.2, -0.15) is 0 Å². The Morgan fingerprint density at radius 1 is 0.571 bits per heavy atom. The van der Waals surface area contributed by atoms with Crippen molar-refractivity contribution in [1.29, 1.82) is 0 Å². The molecule has 246 valence electrons. The van der Waals surface area contributed by atoms with Crippen molar-refractivity contribution in [3.05, 3.63) is 0 Å². The van der Waals surface area contributed by atoms with Gasteiger partial charge in [0.05, 0.1) is 11.2 Å². The summed E-state index contributed by atoms with van der Waals surface area (Å²) in [6, 6.07) is 0. The van der Waals surface area contributed by atoms with E-state index in [1.54, 1.807) is 21.6 Å². The molecule has 4 amide bonds. The molecule has 10 nitrogen and oxygen atoms in total. The Bertz CT molecular complexity index is 782. The molecule has 0 radical (unpaired) electrons. The summed E-state index contributed by atoms with van der Waals surface area (Å²) in [5, 5.41) is 11.7. The van der Waals surface area contributed by atoms with Gasteiger partial charge >= 0.3 is 0 Å². The second-order valence-electron chi connectivity index (χ2n) is 13.2. The van der Waals surface area contributed by atoms with Gasteiger partial charge in [-0.05, 0) is 81.1 Å². The van der Waals surface area contributed by atoms with Gasteiger partial charge < -0.3 is 30.7 Å². The van der Waals surface area contributed by atoms with E-state index in [4.69, 9.17) is 9.47 Å². The lowest BCUT2D eigenvalue weighted by molar-refractivity contribution is -0.122. The van der Waals surface area contributed by atoms with Gasteiger partial charge in [0, 0.05) is 75.6 Å². The van der Waals surface area contributed by atoms with E-state index in [-0.39, 0.29) is 45.9 Å². The summed E-state index contributed by atoms with van der Waals surface area (Å²) in [5.41, 5.74) is -1.40. The molecular formula is C30H58N4O6S2. The van der Waals surface area contributed by atoms with Gasteiger partial charge in [-0.15, -0.1) is 0 Å². The third-order valence-corrected chi connectivity index (χ3v) is 8.88. The SMILES string of the molecule is CC(=O)NC(C)(C)CCOC(C)(C)CCNC(=O)CCSSCCC(=O)NCCC(C)(C)OCCC(C)(C)NC(C)=O. The Hall–Kier alpha value is -1.50. The molecule has 0 heterocycles. The molecule has 0 aromatic carbocycles. The van der Waals surface area contributed by atoms with Crippen LogP contribution in [-0.2, 0) is 28.7 Å². The van der Waals surface area contributed by atoms with Crippen LogP contribution in [0.15, 0.2) is 0 Å². The predicted molar refractivity (Wildman–Crippen MR) is 174 cm³/mol. The van der Waals surface area contributed by atoms with Gasteiger partial charge in [-0.1, -0.05) is 21.6 Å². The number of rotatable bonds is 23. The van der Waals surface area contributed by atoms with Crippen LogP contribution >= 0.6 is 21.6 Å². The number of carbonyl (C=O) groups excluding carboxylic acids is 4. The summed E-state index contributed by atoms with van der Waals surface area (Å²) < 4.78 is 12.0. The first-order chi connectivity index (χ1) is 19.2. The van der Waals surface area contributed by atoms with Crippen molar-refractivity contribution in [3.8, 4) is 0 Å². The van der Waals surface area contributed by atoms with E-state index >= 15 is 0 Å². The molecule has 0 saturated heterocycles. The molecule has 0 unspecified atom stereocenters. The largest absolute Gasteiger partial charge is 0.375 e. The number of hydrogen-bond donors (Lipinski definition) is 4. The molecule has 0 aliphatic heterocycles. The summed E-state index contributed by atoms with van der Waals surface area (Å²) in [6.45, 7) is 21.0. The molecule has 0 aromatic heterocycles. The number of ether oxygens (including phenoxy) is 2. The van der Waals surface area contributed by atoms with Crippen molar-refractivity contribution in [2.45, 2.75) is 130 Å². The van der Waals surface area contributed by atoms with Crippen LogP contribution in [0.2, 0.25) is 0 Å². The molecule has 42 heavy (non-hydrogen) atoms. The van der Waals surface area contributed by atoms with E-state index < -0.39 is 0 Å². The zero-order chi connectivity index (χ0) is 32.5. The fourth-order valence-corrected chi connectivity index (χ4v) is 5.94. The normalized spacial score (nSPS) is 12.5. The van der Waals surface area contributed by atoms with Crippen molar-refractivity contribution >= 4 is 45.2 Å². The highest BCUT2D eigenvalue weighted by atomic mass is 33.1. The van der Waals surface area contributed by atoms with E-state index in [2.05, 4.69) is 21.3 Å². The monoisotopic (exact) mass is 634 g/mol. The van der Waals surface area contributed by atoms with Gasteiger partial charge in [0.1, 0.15) is 0 Å². The lowest BCUT2D eigenvalue weighted by Crippen LogP contribution is -2.43. The molecule has 0 spiro atoms. The summed E-state index contributed by atoms with van der Waals surface area (Å²) in [6.07, 6.45) is 3.63. The lowest BCUT2D eigenvalue weighted by atomic mass is 10.0. The molecule has 0 rings (SSSR count). The molecule has 0 aliphatic carbocycles. The third kappa shape index (κ3) is 24.0. The fourth-order valence-electron chi connectivity index (χ4n) is 3.96. The minimum atomic E-state index is -0.376. The Kier molecular flexibility index (Phi) is 19.0. The zero-order valence-electron chi connectivity index (χ0n) is 27.8. The number of nitrogens with one attached hydrogen (secondary N) is 4. The second-order valence-corrected chi connectivity index (χ2v) is 15.9. The third-order valence-electron chi connectivity index (χ3n) is 6.48. The maximum atomic E-state index is 12.2. The van der Waals surface area contributed by atoms with Crippen LogP contribution in [0, 0.1) is 0 Å². The molecule has 0 atom stereocenters. The predicted octanol–water partition coefficient (Wildman–Crippen LogP) is 4.36. The van der Waals surface area contributed by atoms with Crippen molar-refractivity contribution in [2.75, 3.05) is 37.8 Å². The van der Waals surface area contributed by atoms with Crippen molar-refractivity contribution in [2.24, 2.45) is 0 Å². The molecule has 0 aliphatic rings. The first kappa shape index (κ1) is 40.5. The van der Waals surface area contributed by atoms with E-state index in [1.807, 2.05) is 55.4 Å². The van der Waals surface area contributed by atoms with Crippen molar-refractivity contribution in [3.63, 3.8) is 0 Å². The smallest absolute Gasteiger partial charge is 0.220 e. The zero-order valence-corrected chi connectivity index (χ0v) is 29.4. The highest BCUT2D eigenvalue weighted by Crippen LogP contribution is 2.23. The first-order valence-corrected chi connectivity index (χ1v) is 17.4. The second kappa shape index (κ2) is 19.7. The highest BCUT2D eigenvalue weighted by Gasteiger charge is 2.24. The van der Waals surface area contributed by atoms with Crippen LogP contribution < -0.4 is 21.3 Å². The topological polar surface area (TPSA) is 135 Å². The van der Waals surface area contributed by atoms with Crippen molar-refractivity contribution in [1.82, 2.24) is 21.3 Å².